The fourth-order valence-electron chi connectivity index (χ4n) is 4.11. The lowest BCUT2D eigenvalue weighted by molar-refractivity contribution is -0.193. The second-order valence-electron chi connectivity index (χ2n) is 8.70. The summed E-state index contributed by atoms with van der Waals surface area (Å²) in [6, 6.07) is 5.87. The number of aliphatic carboxylic acids is 2. The number of halogens is 6. The zero-order valence-electron chi connectivity index (χ0n) is 20.6. The number of carbonyl (C=O) groups excluding carboxylic acids is 1. The monoisotopic (exact) mass is 561 g/mol. The fraction of sp³-hybridized carbons (Fsp3) is 0.636. The first kappa shape index (κ1) is 33.0. The number of hydrogen-bond acceptors (Lipinski definition) is 7. The minimum absolute atomic E-state index is 0.0945. The predicted octanol–water partition coefficient (Wildman–Crippen LogP) is 2.29. The number of carboxylic acids is 2. The highest BCUT2D eigenvalue weighted by atomic mass is 19.4. The number of pyridine rings is 1. The minimum Gasteiger partial charge on any atom is -0.475 e. The van der Waals surface area contributed by atoms with E-state index in [0.717, 1.165) is 38.3 Å². The van der Waals surface area contributed by atoms with E-state index in [0.29, 0.717) is 19.1 Å². The quantitative estimate of drug-likeness (QED) is 0.503. The third kappa shape index (κ3) is 10.8. The van der Waals surface area contributed by atoms with Crippen molar-refractivity contribution in [2.45, 2.75) is 25.4 Å². The lowest BCUT2D eigenvalue weighted by atomic mass is 9.77. The van der Waals surface area contributed by atoms with Gasteiger partial charge in [0, 0.05) is 50.8 Å². The van der Waals surface area contributed by atoms with E-state index in [1.807, 2.05) is 23.1 Å². The molecule has 10 nitrogen and oxygen atoms in total. The molecule has 1 aromatic heterocycles. The van der Waals surface area contributed by atoms with Gasteiger partial charge in [0.05, 0.1) is 18.9 Å². The molecular formula is C22H29F6N3O7. The molecule has 2 fully saturated rings. The van der Waals surface area contributed by atoms with Gasteiger partial charge < -0.3 is 29.5 Å². The molecule has 216 valence electrons. The molecule has 0 unspecified atom stereocenters. The topological polar surface area (TPSA) is 130 Å². The number of likely N-dealkylation sites (tertiary alicyclic amines) is 2. The van der Waals surface area contributed by atoms with Gasteiger partial charge in [0.2, 0.25) is 5.91 Å². The summed E-state index contributed by atoms with van der Waals surface area (Å²) in [6.07, 6.45) is -7.33. The number of amides is 1. The first-order chi connectivity index (χ1) is 17.5. The molecule has 0 radical (unpaired) electrons. The van der Waals surface area contributed by atoms with Gasteiger partial charge in [-0.2, -0.15) is 26.3 Å². The van der Waals surface area contributed by atoms with Crippen LogP contribution in [0.1, 0.15) is 12.1 Å². The van der Waals surface area contributed by atoms with Crippen molar-refractivity contribution < 1.29 is 60.4 Å². The number of rotatable bonds is 6. The second-order valence-corrected chi connectivity index (χ2v) is 8.70. The van der Waals surface area contributed by atoms with E-state index in [1.165, 1.54) is 0 Å². The lowest BCUT2D eigenvalue weighted by Crippen LogP contribution is -2.39. The lowest BCUT2D eigenvalue weighted by Gasteiger charge is -2.30. The summed E-state index contributed by atoms with van der Waals surface area (Å²) in [5.74, 6) is -4.97. The number of carbonyl (C=O) groups is 3. The molecule has 38 heavy (non-hydrogen) atoms. The summed E-state index contributed by atoms with van der Waals surface area (Å²) in [5, 5.41) is 14.2. The maximum absolute atomic E-state index is 12.1. The summed E-state index contributed by atoms with van der Waals surface area (Å²) in [4.78, 5) is 38.5. The standard InChI is InChI=1S/C18H27N3O3.2C2HF3O2/c1-20-9-15(10-24-11-16-5-3-4-7-19-16)18(13-20)6-8-21(14-18)17(22)12-23-2;2*3-2(4,5)1(6)7/h3-5,7,15H,6,8-14H2,1-2H3;2*(H,6,7)/t15-,18-;;/m1../s1. The molecule has 0 saturated carbocycles. The molecule has 2 aliphatic rings. The Morgan fingerprint density at radius 2 is 1.66 bits per heavy atom. The molecule has 0 bridgehead atoms. The highest BCUT2D eigenvalue weighted by molar-refractivity contribution is 5.77. The van der Waals surface area contributed by atoms with Crippen molar-refractivity contribution in [3.63, 3.8) is 0 Å². The summed E-state index contributed by atoms with van der Waals surface area (Å²) < 4.78 is 74.4. The number of carboxylic acid groups (broad SMARTS) is 2. The highest BCUT2D eigenvalue weighted by Crippen LogP contribution is 2.43. The van der Waals surface area contributed by atoms with Crippen molar-refractivity contribution in [2.24, 2.45) is 11.3 Å². The third-order valence-electron chi connectivity index (χ3n) is 5.77. The van der Waals surface area contributed by atoms with Crippen molar-refractivity contribution in [2.75, 3.05) is 53.6 Å². The normalized spacial score (nSPS) is 21.4. The van der Waals surface area contributed by atoms with Crippen molar-refractivity contribution in [1.82, 2.24) is 14.8 Å². The Morgan fingerprint density at radius 3 is 2.13 bits per heavy atom. The van der Waals surface area contributed by atoms with Gasteiger partial charge in [-0.25, -0.2) is 9.59 Å². The Balaban J connectivity index is 0.000000426. The predicted molar refractivity (Wildman–Crippen MR) is 118 cm³/mol. The van der Waals surface area contributed by atoms with Gasteiger partial charge in [-0.15, -0.1) is 0 Å². The smallest absolute Gasteiger partial charge is 0.475 e. The van der Waals surface area contributed by atoms with Crippen LogP contribution in [0.5, 0.6) is 0 Å². The number of ether oxygens (including phenoxy) is 2. The van der Waals surface area contributed by atoms with Crippen LogP contribution in [0.4, 0.5) is 26.3 Å². The number of alkyl halides is 6. The number of nitrogens with zero attached hydrogens (tertiary/aromatic N) is 3. The summed E-state index contributed by atoms with van der Waals surface area (Å²) in [5.41, 5.74) is 1.11. The molecule has 2 aliphatic heterocycles. The molecular weight excluding hydrogens is 532 g/mol. The van der Waals surface area contributed by atoms with Gasteiger partial charge in [-0.05, 0) is 25.6 Å². The van der Waals surface area contributed by atoms with Gasteiger partial charge in [0.15, 0.2) is 0 Å². The van der Waals surface area contributed by atoms with Gasteiger partial charge in [-0.1, -0.05) is 6.07 Å². The Kier molecular flexibility index (Phi) is 12.4. The van der Waals surface area contributed by atoms with Crippen molar-refractivity contribution >= 4 is 17.8 Å². The molecule has 1 amide bonds. The molecule has 16 heteroatoms. The summed E-state index contributed by atoms with van der Waals surface area (Å²) in [6.45, 7) is 5.13. The van der Waals surface area contributed by atoms with Crippen molar-refractivity contribution in [1.29, 1.82) is 0 Å². The number of hydrogen-bond donors (Lipinski definition) is 2. The van der Waals surface area contributed by atoms with Gasteiger partial charge in [-0.3, -0.25) is 9.78 Å². The average Bonchev–Trinajstić information content (AvgIpc) is 3.37. The molecule has 2 saturated heterocycles. The van der Waals surface area contributed by atoms with E-state index in [-0.39, 0.29) is 17.9 Å². The van der Waals surface area contributed by atoms with Crippen LogP contribution in [0, 0.1) is 11.3 Å². The Morgan fingerprint density at radius 1 is 1.08 bits per heavy atom. The zero-order chi connectivity index (χ0) is 29.1. The van der Waals surface area contributed by atoms with E-state index in [9.17, 15) is 31.1 Å². The Labute approximate surface area is 214 Å². The SMILES string of the molecule is COCC(=O)N1CC[C@@]2(CN(C)C[C@@H]2COCc2ccccn2)C1.O=C(O)C(F)(F)F.O=C(O)C(F)(F)F. The summed E-state index contributed by atoms with van der Waals surface area (Å²) >= 11 is 0. The minimum atomic E-state index is -5.08. The fourth-order valence-corrected chi connectivity index (χ4v) is 4.11. The highest BCUT2D eigenvalue weighted by Gasteiger charge is 2.50. The van der Waals surface area contributed by atoms with E-state index in [2.05, 4.69) is 16.9 Å². The zero-order valence-corrected chi connectivity index (χ0v) is 20.6. The van der Waals surface area contributed by atoms with Crippen LogP contribution in [-0.4, -0.2) is 109 Å². The van der Waals surface area contributed by atoms with E-state index in [4.69, 9.17) is 29.3 Å². The van der Waals surface area contributed by atoms with Gasteiger partial charge in [0.25, 0.3) is 0 Å². The number of aromatic nitrogens is 1. The molecule has 3 heterocycles. The van der Waals surface area contributed by atoms with E-state index >= 15 is 0 Å². The van der Waals surface area contributed by atoms with Crippen LogP contribution in [0.15, 0.2) is 24.4 Å². The molecule has 2 N–H and O–H groups in total. The average molecular weight is 561 g/mol. The molecule has 3 rings (SSSR count). The first-order valence-corrected chi connectivity index (χ1v) is 11.0. The van der Waals surface area contributed by atoms with Crippen molar-refractivity contribution in [3.8, 4) is 0 Å². The van der Waals surface area contributed by atoms with E-state index < -0.39 is 24.3 Å². The van der Waals surface area contributed by atoms with Crippen LogP contribution in [-0.2, 0) is 30.5 Å². The maximum atomic E-state index is 12.1. The van der Waals surface area contributed by atoms with Crippen LogP contribution >= 0.6 is 0 Å². The largest absolute Gasteiger partial charge is 0.490 e. The molecule has 1 spiro atoms. The number of methoxy groups -OCH3 is 1. The maximum Gasteiger partial charge on any atom is 0.490 e. The Bertz CT molecular complexity index is 893. The second kappa shape index (κ2) is 14.2. The van der Waals surface area contributed by atoms with Gasteiger partial charge in [0.1, 0.15) is 6.61 Å². The van der Waals surface area contributed by atoms with Crippen LogP contribution in [0.2, 0.25) is 0 Å². The van der Waals surface area contributed by atoms with E-state index in [1.54, 1.807) is 13.3 Å². The first-order valence-electron chi connectivity index (χ1n) is 11.0. The van der Waals surface area contributed by atoms with Crippen LogP contribution in [0.3, 0.4) is 0 Å². The molecule has 0 aliphatic carbocycles. The van der Waals surface area contributed by atoms with Crippen LogP contribution < -0.4 is 0 Å². The van der Waals surface area contributed by atoms with Crippen molar-refractivity contribution in [3.05, 3.63) is 30.1 Å². The molecule has 0 aromatic carbocycles. The van der Waals surface area contributed by atoms with Crippen LogP contribution in [0.25, 0.3) is 0 Å². The summed E-state index contributed by atoms with van der Waals surface area (Å²) in [7, 11) is 3.72. The molecule has 2 atom stereocenters. The third-order valence-corrected chi connectivity index (χ3v) is 5.77. The van der Waals surface area contributed by atoms with Gasteiger partial charge >= 0.3 is 24.3 Å². The Hall–Kier alpha value is -2.98. The molecule has 1 aromatic rings.